The van der Waals surface area contributed by atoms with Crippen molar-refractivity contribution in [1.29, 1.82) is 0 Å². The second-order valence-electron chi connectivity index (χ2n) is 5.74. The van der Waals surface area contributed by atoms with Crippen molar-refractivity contribution in [3.05, 3.63) is 0 Å². The lowest BCUT2D eigenvalue weighted by Gasteiger charge is -2.27. The second kappa shape index (κ2) is 6.73. The first-order valence-corrected chi connectivity index (χ1v) is 6.65. The Morgan fingerprint density at radius 3 is 2.67 bits per heavy atom. The molecule has 3 N–H and O–H groups in total. The van der Waals surface area contributed by atoms with Crippen LogP contribution in [-0.4, -0.2) is 32.2 Å². The molecule has 0 spiro atoms. The summed E-state index contributed by atoms with van der Waals surface area (Å²) in [5.41, 5.74) is 6.14. The number of nitrogens with two attached hydrogens (primary N) is 1. The predicted molar refractivity (Wildman–Crippen MR) is 73.6 cm³/mol. The Hall–Kier alpha value is -0.320. The number of carbonyl (C=O) groups excluding carboxylic acids is 1. The first kappa shape index (κ1) is 15.7. The maximum Gasteiger partial charge on any atom is 0.224 e. The highest BCUT2D eigenvalue weighted by Crippen LogP contribution is 2.47. The Balaban J connectivity index is 0.00000162. The van der Waals surface area contributed by atoms with Gasteiger partial charge in [0.25, 0.3) is 0 Å². The van der Waals surface area contributed by atoms with E-state index in [1.807, 2.05) is 0 Å². The molecule has 2 rings (SSSR count). The Bertz CT molecular complexity index is 286. The molecule has 18 heavy (non-hydrogen) atoms. The molecular formula is C13H25ClN2O2. The first-order chi connectivity index (χ1) is 8.13. The van der Waals surface area contributed by atoms with Gasteiger partial charge in [-0.1, -0.05) is 6.92 Å². The summed E-state index contributed by atoms with van der Waals surface area (Å²) in [7, 11) is 1.68. The number of carbonyl (C=O) groups is 1. The molecule has 2 aliphatic rings. The molecule has 0 aromatic heterocycles. The van der Waals surface area contributed by atoms with Gasteiger partial charge in [0.2, 0.25) is 5.91 Å². The summed E-state index contributed by atoms with van der Waals surface area (Å²) < 4.78 is 5.06. The standard InChI is InChI=1S/C13H24N2O2.ClH/c1-8(7-17-2)6-15-13(16)11-9-3-4-10(5-9)12(11)14;/h8-12H,3-7,14H2,1-2H3,(H,15,16);1H. The first-order valence-electron chi connectivity index (χ1n) is 6.65. The zero-order valence-corrected chi connectivity index (χ0v) is 12.0. The van der Waals surface area contributed by atoms with Gasteiger partial charge in [0.15, 0.2) is 0 Å². The van der Waals surface area contributed by atoms with Crippen LogP contribution < -0.4 is 11.1 Å². The Morgan fingerprint density at radius 1 is 1.44 bits per heavy atom. The molecule has 0 aromatic carbocycles. The van der Waals surface area contributed by atoms with Crippen molar-refractivity contribution in [2.75, 3.05) is 20.3 Å². The highest BCUT2D eigenvalue weighted by atomic mass is 35.5. The number of hydrogen-bond donors (Lipinski definition) is 2. The summed E-state index contributed by atoms with van der Waals surface area (Å²) in [5.74, 6) is 1.70. The van der Waals surface area contributed by atoms with Crippen LogP contribution in [0.15, 0.2) is 0 Å². The van der Waals surface area contributed by atoms with Gasteiger partial charge < -0.3 is 15.8 Å². The van der Waals surface area contributed by atoms with E-state index < -0.39 is 0 Å². The van der Waals surface area contributed by atoms with Crippen molar-refractivity contribution >= 4 is 18.3 Å². The number of halogens is 1. The third-order valence-electron chi connectivity index (χ3n) is 4.36. The van der Waals surface area contributed by atoms with Crippen LogP contribution in [0, 0.1) is 23.7 Å². The molecule has 0 saturated heterocycles. The minimum Gasteiger partial charge on any atom is -0.384 e. The van der Waals surface area contributed by atoms with E-state index >= 15 is 0 Å². The van der Waals surface area contributed by atoms with Gasteiger partial charge in [-0.2, -0.15) is 0 Å². The largest absolute Gasteiger partial charge is 0.384 e. The van der Waals surface area contributed by atoms with Gasteiger partial charge in [0, 0.05) is 19.7 Å². The monoisotopic (exact) mass is 276 g/mol. The van der Waals surface area contributed by atoms with E-state index in [-0.39, 0.29) is 30.3 Å². The summed E-state index contributed by atoms with van der Waals surface area (Å²) in [6, 6.07) is 0.0893. The zero-order chi connectivity index (χ0) is 12.4. The van der Waals surface area contributed by atoms with Crippen LogP contribution in [-0.2, 0) is 9.53 Å². The van der Waals surface area contributed by atoms with Gasteiger partial charge in [-0.05, 0) is 37.0 Å². The number of ether oxygens (including phenoxy) is 1. The molecule has 0 aromatic rings. The van der Waals surface area contributed by atoms with Gasteiger partial charge >= 0.3 is 0 Å². The Labute approximate surface area is 115 Å². The zero-order valence-electron chi connectivity index (χ0n) is 11.2. The van der Waals surface area contributed by atoms with Crippen LogP contribution in [0.4, 0.5) is 0 Å². The van der Waals surface area contributed by atoms with Crippen LogP contribution in [0.25, 0.3) is 0 Å². The molecule has 5 atom stereocenters. The van der Waals surface area contributed by atoms with E-state index in [9.17, 15) is 4.79 Å². The molecule has 4 nitrogen and oxygen atoms in total. The van der Waals surface area contributed by atoms with Gasteiger partial charge in [-0.3, -0.25) is 4.79 Å². The smallest absolute Gasteiger partial charge is 0.224 e. The van der Waals surface area contributed by atoms with Crippen molar-refractivity contribution in [1.82, 2.24) is 5.32 Å². The molecule has 0 aliphatic heterocycles. The van der Waals surface area contributed by atoms with Crippen molar-refractivity contribution in [2.24, 2.45) is 29.4 Å². The van der Waals surface area contributed by atoms with Gasteiger partial charge in [0.05, 0.1) is 12.5 Å². The highest BCUT2D eigenvalue weighted by Gasteiger charge is 2.48. The van der Waals surface area contributed by atoms with E-state index in [1.165, 1.54) is 12.8 Å². The third kappa shape index (κ3) is 3.16. The van der Waals surface area contributed by atoms with Gasteiger partial charge in [-0.25, -0.2) is 0 Å². The van der Waals surface area contributed by atoms with Crippen molar-refractivity contribution < 1.29 is 9.53 Å². The maximum absolute atomic E-state index is 12.1. The SMILES string of the molecule is COCC(C)CNC(=O)C1C2CCC(C2)C1N.Cl. The predicted octanol–water partition coefficient (Wildman–Crippen LogP) is 1.18. The van der Waals surface area contributed by atoms with Crippen LogP contribution in [0.1, 0.15) is 26.2 Å². The average Bonchev–Trinajstić information content (AvgIpc) is 2.86. The molecule has 5 unspecified atom stereocenters. The summed E-state index contributed by atoms with van der Waals surface area (Å²) >= 11 is 0. The number of rotatable bonds is 5. The number of nitrogens with one attached hydrogen (secondary N) is 1. The number of amides is 1. The van der Waals surface area contributed by atoms with E-state index in [0.29, 0.717) is 30.9 Å². The van der Waals surface area contributed by atoms with Crippen LogP contribution in [0.3, 0.4) is 0 Å². The van der Waals surface area contributed by atoms with Gasteiger partial charge in [0.1, 0.15) is 0 Å². The van der Waals surface area contributed by atoms with Crippen molar-refractivity contribution in [2.45, 2.75) is 32.2 Å². The normalized spacial score (nSPS) is 35.1. The van der Waals surface area contributed by atoms with Crippen LogP contribution >= 0.6 is 12.4 Å². The minimum absolute atomic E-state index is 0. The van der Waals surface area contributed by atoms with Crippen LogP contribution in [0.5, 0.6) is 0 Å². The van der Waals surface area contributed by atoms with Gasteiger partial charge in [-0.15, -0.1) is 12.4 Å². The van der Waals surface area contributed by atoms with Crippen molar-refractivity contribution in [3.8, 4) is 0 Å². The molecule has 0 heterocycles. The lowest BCUT2D eigenvalue weighted by atomic mass is 9.84. The lowest BCUT2D eigenvalue weighted by molar-refractivity contribution is -0.127. The minimum atomic E-state index is 0. The average molecular weight is 277 g/mol. The lowest BCUT2D eigenvalue weighted by Crippen LogP contribution is -2.46. The Kier molecular flexibility index (Phi) is 5.89. The summed E-state index contributed by atoms with van der Waals surface area (Å²) in [6.07, 6.45) is 3.56. The molecule has 1 amide bonds. The molecule has 2 aliphatic carbocycles. The Morgan fingerprint density at radius 2 is 2.11 bits per heavy atom. The molecule has 106 valence electrons. The fourth-order valence-corrected chi connectivity index (χ4v) is 3.46. The fraction of sp³-hybridized carbons (Fsp3) is 0.923. The number of fused-ring (bicyclic) bond motifs is 2. The van der Waals surface area contributed by atoms with E-state index in [0.717, 1.165) is 6.42 Å². The molecule has 0 radical (unpaired) electrons. The highest BCUT2D eigenvalue weighted by molar-refractivity contribution is 5.85. The summed E-state index contributed by atoms with van der Waals surface area (Å²) in [5, 5.41) is 3.03. The van der Waals surface area contributed by atoms with Crippen LogP contribution in [0.2, 0.25) is 0 Å². The molecule has 5 heteroatoms. The topological polar surface area (TPSA) is 64.3 Å². The summed E-state index contributed by atoms with van der Waals surface area (Å²) in [4.78, 5) is 12.1. The molecule has 2 bridgehead atoms. The molecule has 2 fully saturated rings. The molecular weight excluding hydrogens is 252 g/mol. The van der Waals surface area contributed by atoms with E-state index in [1.54, 1.807) is 7.11 Å². The maximum atomic E-state index is 12.1. The van der Waals surface area contributed by atoms with Crippen molar-refractivity contribution in [3.63, 3.8) is 0 Å². The number of hydrogen-bond acceptors (Lipinski definition) is 3. The molecule has 2 saturated carbocycles. The quantitative estimate of drug-likeness (QED) is 0.793. The third-order valence-corrected chi connectivity index (χ3v) is 4.36. The fourth-order valence-electron chi connectivity index (χ4n) is 3.46. The summed E-state index contributed by atoms with van der Waals surface area (Å²) in [6.45, 7) is 3.45. The van der Waals surface area contributed by atoms with E-state index in [4.69, 9.17) is 10.5 Å². The number of methoxy groups -OCH3 is 1. The second-order valence-corrected chi connectivity index (χ2v) is 5.74. The van der Waals surface area contributed by atoms with E-state index in [2.05, 4.69) is 12.2 Å².